The summed E-state index contributed by atoms with van der Waals surface area (Å²) in [5.41, 5.74) is 4.31. The van der Waals surface area contributed by atoms with E-state index >= 15 is 0 Å². The fourth-order valence-corrected chi connectivity index (χ4v) is 4.93. The molecule has 11 nitrogen and oxygen atoms in total. The van der Waals surface area contributed by atoms with Crippen LogP contribution in [0.3, 0.4) is 0 Å². The first kappa shape index (κ1) is 24.8. The van der Waals surface area contributed by atoms with Gasteiger partial charge in [-0.2, -0.15) is 5.10 Å². The van der Waals surface area contributed by atoms with Crippen molar-refractivity contribution in [3.8, 4) is 22.6 Å². The van der Waals surface area contributed by atoms with Crippen LogP contribution in [0.25, 0.3) is 33.9 Å². The second kappa shape index (κ2) is 10.1. The van der Waals surface area contributed by atoms with Crippen molar-refractivity contribution in [2.24, 2.45) is 0 Å². The van der Waals surface area contributed by atoms with E-state index in [2.05, 4.69) is 32.1 Å². The molecule has 1 fully saturated rings. The highest BCUT2D eigenvalue weighted by Gasteiger charge is 2.22. The monoisotopic (exact) mass is 548 g/mol. The number of nitrogens with one attached hydrogen (secondary N) is 1. The van der Waals surface area contributed by atoms with Crippen molar-refractivity contribution in [1.82, 2.24) is 39.1 Å². The van der Waals surface area contributed by atoms with Crippen LogP contribution in [-0.4, -0.2) is 78.2 Å². The average molecular weight is 549 g/mol. The molecule has 1 aliphatic heterocycles. The second-order valence-corrected chi connectivity index (χ2v) is 9.91. The number of benzene rings is 1. The molecule has 1 aliphatic rings. The molecule has 41 heavy (non-hydrogen) atoms. The van der Waals surface area contributed by atoms with Gasteiger partial charge in [0.2, 0.25) is 0 Å². The van der Waals surface area contributed by atoms with Gasteiger partial charge in [0.05, 0.1) is 6.20 Å². The van der Waals surface area contributed by atoms with Gasteiger partial charge in [-0.25, -0.2) is 23.4 Å². The predicted molar refractivity (Wildman–Crippen MR) is 152 cm³/mol. The third-order valence-electron chi connectivity index (χ3n) is 7.16. The maximum atomic E-state index is 13.8. The number of anilines is 2. The van der Waals surface area contributed by atoms with E-state index < -0.39 is 0 Å². The summed E-state index contributed by atoms with van der Waals surface area (Å²) in [6, 6.07) is 17.1. The van der Waals surface area contributed by atoms with Gasteiger partial charge in [-0.05, 0) is 67.7 Å². The van der Waals surface area contributed by atoms with Gasteiger partial charge in [0, 0.05) is 49.7 Å². The van der Waals surface area contributed by atoms with Crippen LogP contribution in [0.2, 0.25) is 0 Å². The molecular weight excluding hydrogens is 523 g/mol. The van der Waals surface area contributed by atoms with Crippen LogP contribution in [0, 0.1) is 5.82 Å². The Morgan fingerprint density at radius 3 is 2.39 bits per heavy atom. The molecule has 0 bridgehead atoms. The van der Waals surface area contributed by atoms with Gasteiger partial charge in [0.1, 0.15) is 28.7 Å². The highest BCUT2D eigenvalue weighted by atomic mass is 19.1. The zero-order valence-electron chi connectivity index (χ0n) is 22.1. The van der Waals surface area contributed by atoms with E-state index in [9.17, 15) is 9.18 Å². The molecule has 7 rings (SSSR count). The summed E-state index contributed by atoms with van der Waals surface area (Å²) in [7, 11) is 2.12. The Hall–Kier alpha value is -5.23. The summed E-state index contributed by atoms with van der Waals surface area (Å²) in [4.78, 5) is 30.5. The maximum absolute atomic E-state index is 13.8. The van der Waals surface area contributed by atoms with Crippen LogP contribution in [-0.2, 0) is 0 Å². The highest BCUT2D eigenvalue weighted by Crippen LogP contribution is 2.32. The zero-order valence-corrected chi connectivity index (χ0v) is 22.1. The summed E-state index contributed by atoms with van der Waals surface area (Å²) < 4.78 is 17.2. The first-order chi connectivity index (χ1) is 20.0. The standard InChI is InChI=1S/C29H25FN10O/c1-37-14-16-38(17-15-37)26-9-8-25-34-27(19-2-4-21(30)5-3-19)28(40(25)36-26)22-6-7-24-32-23(18-39(24)35-22)33-29(41)20-10-12-31-13-11-20/h2-13,18H,14-17H2,1H3,(H,33,41). The van der Waals surface area contributed by atoms with Crippen molar-refractivity contribution in [1.29, 1.82) is 0 Å². The fraction of sp³-hybridized carbons (Fsp3) is 0.172. The van der Waals surface area contributed by atoms with Gasteiger partial charge in [0.25, 0.3) is 5.91 Å². The first-order valence-electron chi connectivity index (χ1n) is 13.2. The van der Waals surface area contributed by atoms with Crippen LogP contribution in [0.15, 0.2) is 79.3 Å². The van der Waals surface area contributed by atoms with Gasteiger partial charge < -0.3 is 15.1 Å². The number of amides is 1. The Kier molecular flexibility index (Phi) is 6.08. The first-order valence-corrected chi connectivity index (χ1v) is 13.2. The van der Waals surface area contributed by atoms with Crippen LogP contribution >= 0.6 is 0 Å². The van der Waals surface area contributed by atoms with Crippen LogP contribution in [0.4, 0.5) is 16.0 Å². The number of pyridine rings is 1. The predicted octanol–water partition coefficient (Wildman–Crippen LogP) is 3.64. The average Bonchev–Trinajstić information content (AvgIpc) is 3.58. The quantitative estimate of drug-likeness (QED) is 0.348. The molecule has 6 aromatic rings. The number of carbonyl (C=O) groups is 1. The number of likely N-dealkylation sites (N-methyl/N-ethyl adjacent to an activating group) is 1. The minimum atomic E-state index is -0.325. The molecule has 0 radical (unpaired) electrons. The molecule has 0 spiro atoms. The molecular formula is C29H25FN10O. The summed E-state index contributed by atoms with van der Waals surface area (Å²) in [5.74, 6) is 0.592. The molecule has 6 heterocycles. The molecule has 0 aliphatic carbocycles. The Morgan fingerprint density at radius 1 is 0.854 bits per heavy atom. The number of nitrogens with zero attached hydrogens (tertiary/aromatic N) is 9. The minimum absolute atomic E-state index is 0.294. The van der Waals surface area contributed by atoms with E-state index in [1.54, 1.807) is 51.9 Å². The summed E-state index contributed by atoms with van der Waals surface area (Å²) in [6.45, 7) is 3.65. The molecule has 1 saturated heterocycles. The topological polar surface area (TPSA) is 109 Å². The van der Waals surface area contributed by atoms with Crippen molar-refractivity contribution in [3.63, 3.8) is 0 Å². The summed E-state index contributed by atoms with van der Waals surface area (Å²) in [6.07, 6.45) is 4.77. The highest BCUT2D eigenvalue weighted by molar-refractivity contribution is 6.03. The number of aromatic nitrogens is 7. The van der Waals surface area contributed by atoms with E-state index in [0.29, 0.717) is 39.8 Å². The number of hydrogen-bond donors (Lipinski definition) is 1. The number of hydrogen-bond acceptors (Lipinski definition) is 8. The van der Waals surface area contributed by atoms with E-state index in [-0.39, 0.29) is 11.7 Å². The van der Waals surface area contributed by atoms with Gasteiger partial charge in [-0.3, -0.25) is 9.78 Å². The Bertz CT molecular complexity index is 1880. The Morgan fingerprint density at radius 2 is 1.61 bits per heavy atom. The van der Waals surface area contributed by atoms with Crippen molar-refractivity contribution >= 4 is 28.8 Å². The van der Waals surface area contributed by atoms with Crippen LogP contribution < -0.4 is 10.2 Å². The Labute approximate surface area is 233 Å². The molecule has 0 atom stereocenters. The lowest BCUT2D eigenvalue weighted by Gasteiger charge is -2.33. The fourth-order valence-electron chi connectivity index (χ4n) is 4.93. The third kappa shape index (κ3) is 4.74. The maximum Gasteiger partial charge on any atom is 0.256 e. The van der Waals surface area contributed by atoms with E-state index in [4.69, 9.17) is 15.2 Å². The zero-order chi connectivity index (χ0) is 27.9. The number of carbonyl (C=O) groups excluding carboxylic acids is 1. The van der Waals surface area contributed by atoms with E-state index in [1.165, 1.54) is 12.1 Å². The molecule has 1 aromatic carbocycles. The lowest BCUT2D eigenvalue weighted by atomic mass is 10.1. The number of fused-ring (bicyclic) bond motifs is 2. The summed E-state index contributed by atoms with van der Waals surface area (Å²) in [5, 5.41) is 12.6. The molecule has 0 saturated carbocycles. The van der Waals surface area contributed by atoms with Crippen molar-refractivity contribution in [3.05, 3.63) is 90.6 Å². The van der Waals surface area contributed by atoms with E-state index in [0.717, 1.165) is 37.6 Å². The minimum Gasteiger partial charge on any atom is -0.353 e. The summed E-state index contributed by atoms with van der Waals surface area (Å²) >= 11 is 0. The largest absolute Gasteiger partial charge is 0.353 e. The van der Waals surface area contributed by atoms with Crippen molar-refractivity contribution in [2.75, 3.05) is 43.4 Å². The number of imidazole rings is 2. The lowest BCUT2D eigenvalue weighted by molar-refractivity contribution is 0.102. The van der Waals surface area contributed by atoms with Crippen LogP contribution in [0.5, 0.6) is 0 Å². The number of rotatable bonds is 5. The SMILES string of the molecule is CN1CCN(c2ccc3nc(-c4ccc(F)cc4)c(-c4ccc5nc(NC(=O)c6ccncc6)cn5n4)n3n2)CC1. The van der Waals surface area contributed by atoms with Crippen LogP contribution in [0.1, 0.15) is 10.4 Å². The number of halogens is 1. The van der Waals surface area contributed by atoms with Gasteiger partial charge in [-0.1, -0.05) is 0 Å². The lowest BCUT2D eigenvalue weighted by Crippen LogP contribution is -2.44. The Balaban J connectivity index is 1.31. The molecule has 1 amide bonds. The molecule has 5 aromatic heterocycles. The van der Waals surface area contributed by atoms with Gasteiger partial charge >= 0.3 is 0 Å². The third-order valence-corrected chi connectivity index (χ3v) is 7.16. The smallest absolute Gasteiger partial charge is 0.256 e. The second-order valence-electron chi connectivity index (χ2n) is 9.91. The molecule has 12 heteroatoms. The number of piperazine rings is 1. The molecule has 1 N–H and O–H groups in total. The normalized spacial score (nSPS) is 14.1. The molecule has 0 unspecified atom stereocenters. The van der Waals surface area contributed by atoms with Crippen molar-refractivity contribution < 1.29 is 9.18 Å². The van der Waals surface area contributed by atoms with Crippen molar-refractivity contribution in [2.45, 2.75) is 0 Å². The van der Waals surface area contributed by atoms with Gasteiger partial charge in [0.15, 0.2) is 17.1 Å². The van der Waals surface area contributed by atoms with Gasteiger partial charge in [-0.15, -0.1) is 5.10 Å². The molecule has 204 valence electrons. The van der Waals surface area contributed by atoms with E-state index in [1.807, 2.05) is 24.3 Å².